The minimum Gasteiger partial charge on any atom is -0.348 e. The molecule has 0 radical (unpaired) electrons. The van der Waals surface area contributed by atoms with Crippen molar-refractivity contribution in [1.82, 2.24) is 25.0 Å². The molecule has 2 aromatic heterocycles. The van der Waals surface area contributed by atoms with Gasteiger partial charge in [0.1, 0.15) is 5.69 Å². The first-order valence-corrected chi connectivity index (χ1v) is 11.5. The van der Waals surface area contributed by atoms with Gasteiger partial charge in [0, 0.05) is 48.0 Å². The zero-order chi connectivity index (χ0) is 25.3. The second-order valence-corrected chi connectivity index (χ2v) is 8.49. The van der Waals surface area contributed by atoms with E-state index in [4.69, 9.17) is 5.10 Å². The Labute approximate surface area is 210 Å². The van der Waals surface area contributed by atoms with Gasteiger partial charge in [0.15, 0.2) is 0 Å². The molecule has 4 rings (SSSR count). The predicted octanol–water partition coefficient (Wildman–Crippen LogP) is 3.76. The molecule has 2 aromatic carbocycles. The Morgan fingerprint density at radius 3 is 2.61 bits per heavy atom. The Balaban J connectivity index is 1.45. The molecular weight excluding hydrogens is 452 g/mol. The third-order valence-corrected chi connectivity index (χ3v) is 5.25. The zero-order valence-corrected chi connectivity index (χ0v) is 20.3. The highest BCUT2D eigenvalue weighted by Crippen LogP contribution is 2.24. The van der Waals surface area contributed by atoms with Gasteiger partial charge >= 0.3 is 0 Å². The largest absolute Gasteiger partial charge is 0.348 e. The molecule has 0 bridgehead atoms. The lowest BCUT2D eigenvalue weighted by Gasteiger charge is -2.11. The third-order valence-electron chi connectivity index (χ3n) is 5.25. The van der Waals surface area contributed by atoms with Gasteiger partial charge in [-0.3, -0.25) is 14.6 Å². The van der Waals surface area contributed by atoms with Crippen LogP contribution in [-0.4, -0.2) is 52.1 Å². The van der Waals surface area contributed by atoms with Gasteiger partial charge in [-0.15, -0.1) is 0 Å². The first kappa shape index (κ1) is 24.6. The number of nitrogens with zero attached hydrogens (tertiary/aromatic N) is 4. The summed E-state index contributed by atoms with van der Waals surface area (Å²) in [5.41, 5.74) is 4.89. The van der Waals surface area contributed by atoms with Gasteiger partial charge in [-0.05, 0) is 62.1 Å². The summed E-state index contributed by atoms with van der Waals surface area (Å²) in [6.45, 7) is 0.632. The molecule has 0 aliphatic heterocycles. The molecule has 0 spiro atoms. The van der Waals surface area contributed by atoms with Crippen LogP contribution in [0.3, 0.4) is 0 Å². The molecule has 8 nitrogen and oxygen atoms in total. The molecule has 182 valence electrons. The zero-order valence-electron chi connectivity index (χ0n) is 20.3. The summed E-state index contributed by atoms with van der Waals surface area (Å²) in [4.78, 5) is 30.6. The lowest BCUT2D eigenvalue weighted by Crippen LogP contribution is -2.27. The van der Waals surface area contributed by atoms with Crippen molar-refractivity contribution >= 4 is 23.6 Å². The van der Waals surface area contributed by atoms with Crippen molar-refractivity contribution in [2.75, 3.05) is 26.0 Å². The van der Waals surface area contributed by atoms with E-state index in [1.807, 2.05) is 87.0 Å². The second kappa shape index (κ2) is 11.7. The number of hydrogen-bond acceptors (Lipinski definition) is 5. The van der Waals surface area contributed by atoms with Crippen molar-refractivity contribution in [3.05, 3.63) is 103 Å². The summed E-state index contributed by atoms with van der Waals surface area (Å²) in [5.74, 6) is -0.328. The van der Waals surface area contributed by atoms with Crippen LogP contribution in [0.2, 0.25) is 0 Å². The van der Waals surface area contributed by atoms with Crippen molar-refractivity contribution in [3.63, 3.8) is 0 Å². The normalized spacial score (nSPS) is 11.1. The van der Waals surface area contributed by atoms with E-state index in [1.165, 1.54) is 6.08 Å². The number of rotatable bonds is 9. The van der Waals surface area contributed by atoms with Crippen molar-refractivity contribution in [3.8, 4) is 16.9 Å². The number of likely N-dealkylation sites (N-methyl/N-ethyl adjacent to an activating group) is 1. The number of carbonyl (C=O) groups excluding carboxylic acids is 2. The van der Waals surface area contributed by atoms with E-state index in [0.717, 1.165) is 28.1 Å². The van der Waals surface area contributed by atoms with E-state index in [9.17, 15) is 9.59 Å². The molecule has 36 heavy (non-hydrogen) atoms. The fourth-order valence-corrected chi connectivity index (χ4v) is 3.61. The lowest BCUT2D eigenvalue weighted by molar-refractivity contribution is -0.117. The first-order chi connectivity index (χ1) is 17.5. The Kier molecular flexibility index (Phi) is 8.00. The third kappa shape index (κ3) is 6.74. The summed E-state index contributed by atoms with van der Waals surface area (Å²) in [7, 11) is 3.68. The predicted molar refractivity (Wildman–Crippen MR) is 141 cm³/mol. The van der Waals surface area contributed by atoms with E-state index in [0.29, 0.717) is 18.8 Å². The molecule has 0 aliphatic carbocycles. The summed E-state index contributed by atoms with van der Waals surface area (Å²) < 4.78 is 1.79. The number of amides is 2. The Morgan fingerprint density at radius 1 is 1.03 bits per heavy atom. The minimum absolute atomic E-state index is 0.0930. The van der Waals surface area contributed by atoms with Crippen molar-refractivity contribution in [1.29, 1.82) is 0 Å². The fraction of sp³-hybridized carbons (Fsp3) is 0.143. The minimum atomic E-state index is -0.235. The van der Waals surface area contributed by atoms with Gasteiger partial charge in [0.2, 0.25) is 11.8 Å². The Bertz CT molecular complexity index is 1350. The topological polar surface area (TPSA) is 92.2 Å². The van der Waals surface area contributed by atoms with Crippen LogP contribution < -0.4 is 10.6 Å². The monoisotopic (exact) mass is 480 g/mol. The Hall–Kier alpha value is -4.56. The summed E-state index contributed by atoms with van der Waals surface area (Å²) in [6.07, 6.45) is 8.60. The Morgan fingerprint density at radius 2 is 1.86 bits per heavy atom. The average molecular weight is 481 g/mol. The molecule has 2 heterocycles. The number of nitrogens with one attached hydrogen (secondary N) is 2. The van der Waals surface area contributed by atoms with E-state index in [1.54, 1.807) is 28.1 Å². The van der Waals surface area contributed by atoms with Crippen LogP contribution in [-0.2, 0) is 16.1 Å². The highest BCUT2D eigenvalue weighted by Gasteiger charge is 2.11. The second-order valence-electron chi connectivity index (χ2n) is 8.49. The van der Waals surface area contributed by atoms with E-state index >= 15 is 0 Å². The first-order valence-electron chi connectivity index (χ1n) is 11.5. The molecule has 2 N–H and O–H groups in total. The number of pyridine rings is 1. The number of hydrogen-bond donors (Lipinski definition) is 2. The maximum Gasteiger partial charge on any atom is 0.244 e. The molecule has 0 saturated heterocycles. The number of para-hydroxylation sites is 1. The van der Waals surface area contributed by atoms with Gasteiger partial charge in [-0.2, -0.15) is 5.10 Å². The smallest absolute Gasteiger partial charge is 0.244 e. The van der Waals surface area contributed by atoms with Crippen LogP contribution in [0.4, 0.5) is 5.69 Å². The van der Waals surface area contributed by atoms with Crippen LogP contribution in [0.1, 0.15) is 11.1 Å². The van der Waals surface area contributed by atoms with E-state index in [-0.39, 0.29) is 11.8 Å². The number of aromatic nitrogens is 3. The number of carbonyl (C=O) groups is 2. The van der Waals surface area contributed by atoms with E-state index < -0.39 is 0 Å². The summed E-state index contributed by atoms with van der Waals surface area (Å²) in [5, 5.41) is 10.5. The molecule has 2 amide bonds. The molecule has 0 fully saturated rings. The van der Waals surface area contributed by atoms with Gasteiger partial charge in [0.25, 0.3) is 0 Å². The SMILES string of the molecule is CN(C)CC(=O)Nc1cccc(CNC(=O)/C=C/c2cn(-c3ccccc3)nc2-c2cccnc2)c1. The molecule has 0 unspecified atom stereocenters. The molecule has 0 atom stereocenters. The van der Waals surface area contributed by atoms with Gasteiger partial charge < -0.3 is 15.5 Å². The quantitative estimate of drug-likeness (QED) is 0.356. The van der Waals surface area contributed by atoms with Gasteiger partial charge in [-0.1, -0.05) is 30.3 Å². The fourth-order valence-electron chi connectivity index (χ4n) is 3.61. The van der Waals surface area contributed by atoms with E-state index in [2.05, 4.69) is 15.6 Å². The van der Waals surface area contributed by atoms with Gasteiger partial charge in [-0.25, -0.2) is 4.68 Å². The maximum absolute atomic E-state index is 12.6. The molecule has 4 aromatic rings. The van der Waals surface area contributed by atoms with Crippen molar-refractivity contribution in [2.45, 2.75) is 6.54 Å². The van der Waals surface area contributed by atoms with Crippen LogP contribution >= 0.6 is 0 Å². The molecule has 0 saturated carbocycles. The van der Waals surface area contributed by atoms with Crippen LogP contribution in [0, 0.1) is 0 Å². The maximum atomic E-state index is 12.6. The standard InChI is InChI=1S/C28H28N6O2/c1-33(2)20-27(36)31-24-10-6-8-21(16-24)17-30-26(35)14-13-23-19-34(25-11-4-3-5-12-25)32-28(23)22-9-7-15-29-18-22/h3-16,18-19H,17,20H2,1-2H3,(H,30,35)(H,31,36)/b14-13+. The van der Waals surface area contributed by atoms with Gasteiger partial charge in [0.05, 0.1) is 12.2 Å². The average Bonchev–Trinajstić information content (AvgIpc) is 3.31. The molecule has 0 aliphatic rings. The van der Waals surface area contributed by atoms with Crippen molar-refractivity contribution in [2.24, 2.45) is 0 Å². The summed E-state index contributed by atoms with van der Waals surface area (Å²) in [6, 6.07) is 21.0. The van der Waals surface area contributed by atoms with Crippen LogP contribution in [0.5, 0.6) is 0 Å². The van der Waals surface area contributed by atoms with Crippen LogP contribution in [0.25, 0.3) is 23.0 Å². The molecule has 8 heteroatoms. The highest BCUT2D eigenvalue weighted by atomic mass is 16.2. The highest BCUT2D eigenvalue weighted by molar-refractivity contribution is 5.93. The lowest BCUT2D eigenvalue weighted by atomic mass is 10.1. The summed E-state index contributed by atoms with van der Waals surface area (Å²) >= 11 is 0. The molecular formula is C28H28N6O2. The van der Waals surface area contributed by atoms with Crippen molar-refractivity contribution < 1.29 is 9.59 Å². The van der Waals surface area contributed by atoms with Crippen LogP contribution in [0.15, 0.2) is 91.4 Å². The number of benzene rings is 2. The number of anilines is 1.